The Morgan fingerprint density at radius 1 is 1.37 bits per heavy atom. The van der Waals surface area contributed by atoms with Crippen molar-refractivity contribution in [1.82, 2.24) is 4.90 Å². The van der Waals surface area contributed by atoms with Gasteiger partial charge in [0.1, 0.15) is 6.04 Å². The molecule has 0 aliphatic rings. The van der Waals surface area contributed by atoms with E-state index in [-0.39, 0.29) is 0 Å². The quantitative estimate of drug-likeness (QED) is 0.870. The van der Waals surface area contributed by atoms with Gasteiger partial charge in [0, 0.05) is 23.2 Å². The molecule has 1 amide bonds. The third-order valence-corrected chi connectivity index (χ3v) is 3.23. The first-order chi connectivity index (χ1) is 8.82. The highest BCUT2D eigenvalue weighted by Gasteiger charge is 2.19. The molecule has 0 spiro atoms. The molecule has 1 unspecified atom stereocenters. The molecule has 0 aliphatic carbocycles. The number of aliphatic carboxylic acids is 1. The van der Waals surface area contributed by atoms with E-state index in [0.717, 1.165) is 4.90 Å². The van der Waals surface area contributed by atoms with Gasteiger partial charge < -0.3 is 10.0 Å². The topological polar surface area (TPSA) is 57.6 Å². The molecule has 1 aromatic rings. The van der Waals surface area contributed by atoms with E-state index in [2.05, 4.69) is 0 Å². The van der Waals surface area contributed by atoms with Gasteiger partial charge in [0.25, 0.3) is 0 Å². The van der Waals surface area contributed by atoms with Gasteiger partial charge in [-0.05, 0) is 36.8 Å². The van der Waals surface area contributed by atoms with Crippen LogP contribution in [-0.4, -0.2) is 35.0 Å². The van der Waals surface area contributed by atoms with Gasteiger partial charge in [0.05, 0.1) is 0 Å². The molecule has 1 rings (SSSR count). The summed E-state index contributed by atoms with van der Waals surface area (Å²) in [5.74, 6) is -1.49. The lowest BCUT2D eigenvalue weighted by Gasteiger charge is -2.19. The summed E-state index contributed by atoms with van der Waals surface area (Å²) in [5, 5.41) is 9.77. The molecule has 0 aliphatic heterocycles. The van der Waals surface area contributed by atoms with Crippen molar-refractivity contribution in [2.45, 2.75) is 13.0 Å². The average Bonchev–Trinajstić information content (AvgIpc) is 2.37. The van der Waals surface area contributed by atoms with E-state index < -0.39 is 17.9 Å². The normalized spacial score (nSPS) is 12.4. The van der Waals surface area contributed by atoms with Gasteiger partial charge in [0.2, 0.25) is 5.91 Å². The Balaban J connectivity index is 2.84. The lowest BCUT2D eigenvalue weighted by molar-refractivity contribution is -0.146. The predicted molar refractivity (Wildman–Crippen MR) is 75.4 cm³/mol. The lowest BCUT2D eigenvalue weighted by atomic mass is 10.2. The molecule has 0 saturated heterocycles. The largest absolute Gasteiger partial charge is 0.480 e. The Morgan fingerprint density at radius 3 is 2.58 bits per heavy atom. The van der Waals surface area contributed by atoms with Crippen molar-refractivity contribution < 1.29 is 14.7 Å². The summed E-state index contributed by atoms with van der Waals surface area (Å²) in [6.45, 7) is 1.43. The van der Waals surface area contributed by atoms with Crippen molar-refractivity contribution in [3.8, 4) is 0 Å². The first-order valence-corrected chi connectivity index (χ1v) is 6.21. The molecule has 0 fully saturated rings. The highest BCUT2D eigenvalue weighted by atomic mass is 35.5. The maximum atomic E-state index is 11.8. The standard InChI is InChI=1S/C13H13Cl2NO3/c1-8(13(18)19)16(2)12(17)6-3-9-7-10(14)4-5-11(9)15/h3-8H,1-2H3,(H,18,19). The first kappa shape index (κ1) is 15.5. The number of rotatable bonds is 4. The maximum absolute atomic E-state index is 11.8. The number of hydrogen-bond acceptors (Lipinski definition) is 2. The van der Waals surface area contributed by atoms with E-state index in [0.29, 0.717) is 15.6 Å². The highest BCUT2D eigenvalue weighted by Crippen LogP contribution is 2.21. The van der Waals surface area contributed by atoms with E-state index in [1.807, 2.05) is 0 Å². The summed E-state index contributed by atoms with van der Waals surface area (Å²) >= 11 is 11.8. The van der Waals surface area contributed by atoms with Gasteiger partial charge in [-0.2, -0.15) is 0 Å². The Kier molecular flexibility index (Phi) is 5.39. The Labute approximate surface area is 121 Å². The molecule has 4 nitrogen and oxygen atoms in total. The zero-order valence-corrected chi connectivity index (χ0v) is 11.9. The van der Waals surface area contributed by atoms with Crippen LogP contribution < -0.4 is 0 Å². The molecule has 6 heteroatoms. The van der Waals surface area contributed by atoms with Gasteiger partial charge >= 0.3 is 5.97 Å². The molecule has 0 aromatic heterocycles. The van der Waals surface area contributed by atoms with Crippen molar-refractivity contribution in [3.63, 3.8) is 0 Å². The van der Waals surface area contributed by atoms with Gasteiger partial charge in [-0.25, -0.2) is 4.79 Å². The van der Waals surface area contributed by atoms with Crippen LogP contribution in [0.2, 0.25) is 10.0 Å². The van der Waals surface area contributed by atoms with Crippen LogP contribution >= 0.6 is 23.2 Å². The molecule has 19 heavy (non-hydrogen) atoms. The van der Waals surface area contributed by atoms with Crippen LogP contribution in [0.4, 0.5) is 0 Å². The van der Waals surface area contributed by atoms with Crippen LogP contribution in [0.5, 0.6) is 0 Å². The number of benzene rings is 1. The van der Waals surface area contributed by atoms with Crippen molar-refractivity contribution >= 4 is 41.2 Å². The fourth-order valence-electron chi connectivity index (χ4n) is 1.28. The van der Waals surface area contributed by atoms with E-state index in [1.165, 1.54) is 26.1 Å². The van der Waals surface area contributed by atoms with Crippen LogP contribution in [0.25, 0.3) is 6.08 Å². The fourth-order valence-corrected chi connectivity index (χ4v) is 1.64. The monoisotopic (exact) mass is 301 g/mol. The van der Waals surface area contributed by atoms with Crippen LogP contribution in [0, 0.1) is 0 Å². The molecule has 1 N–H and O–H groups in total. The smallest absolute Gasteiger partial charge is 0.326 e. The summed E-state index contributed by atoms with van der Waals surface area (Å²) in [4.78, 5) is 23.6. The zero-order valence-electron chi connectivity index (χ0n) is 10.4. The summed E-state index contributed by atoms with van der Waals surface area (Å²) in [6.07, 6.45) is 2.76. The van der Waals surface area contributed by atoms with Crippen molar-refractivity contribution in [3.05, 3.63) is 39.9 Å². The zero-order chi connectivity index (χ0) is 14.6. The van der Waals surface area contributed by atoms with Crippen LogP contribution in [0.3, 0.4) is 0 Å². The van der Waals surface area contributed by atoms with Crippen molar-refractivity contribution in [2.24, 2.45) is 0 Å². The third kappa shape index (κ3) is 4.26. The number of carboxylic acid groups (broad SMARTS) is 1. The number of carbonyl (C=O) groups is 2. The molecule has 102 valence electrons. The second kappa shape index (κ2) is 6.59. The Bertz CT molecular complexity index is 529. The van der Waals surface area contributed by atoms with Gasteiger partial charge in [-0.15, -0.1) is 0 Å². The number of likely N-dealkylation sites (N-methyl/N-ethyl adjacent to an activating group) is 1. The summed E-state index contributed by atoms with van der Waals surface area (Å²) in [5.41, 5.74) is 0.596. The summed E-state index contributed by atoms with van der Waals surface area (Å²) < 4.78 is 0. The molecule has 1 atom stereocenters. The number of halogens is 2. The number of carbonyl (C=O) groups excluding carboxylic acids is 1. The lowest BCUT2D eigenvalue weighted by Crippen LogP contribution is -2.39. The number of amides is 1. The molecule has 0 heterocycles. The SMILES string of the molecule is CC(C(=O)O)N(C)C(=O)C=Cc1cc(Cl)ccc1Cl. The van der Waals surface area contributed by atoms with E-state index >= 15 is 0 Å². The number of nitrogens with zero attached hydrogens (tertiary/aromatic N) is 1. The van der Waals surface area contributed by atoms with E-state index in [9.17, 15) is 9.59 Å². The van der Waals surface area contributed by atoms with Gasteiger partial charge in [-0.1, -0.05) is 23.2 Å². The molecule has 0 saturated carbocycles. The number of hydrogen-bond donors (Lipinski definition) is 1. The highest BCUT2D eigenvalue weighted by molar-refractivity contribution is 6.34. The fraction of sp³-hybridized carbons (Fsp3) is 0.231. The van der Waals surface area contributed by atoms with Crippen LogP contribution in [0.15, 0.2) is 24.3 Å². The maximum Gasteiger partial charge on any atom is 0.326 e. The van der Waals surface area contributed by atoms with Gasteiger partial charge in [0.15, 0.2) is 0 Å². The predicted octanol–water partition coefficient (Wildman–Crippen LogP) is 2.94. The minimum atomic E-state index is -1.06. The van der Waals surface area contributed by atoms with Crippen molar-refractivity contribution in [1.29, 1.82) is 0 Å². The molecular weight excluding hydrogens is 289 g/mol. The molecular formula is C13H13Cl2NO3. The minimum Gasteiger partial charge on any atom is -0.480 e. The Hall–Kier alpha value is -1.52. The second-order valence-electron chi connectivity index (χ2n) is 3.96. The summed E-state index contributed by atoms with van der Waals surface area (Å²) in [6, 6.07) is 3.99. The first-order valence-electron chi connectivity index (χ1n) is 5.45. The van der Waals surface area contributed by atoms with E-state index in [1.54, 1.807) is 18.2 Å². The number of carboxylic acids is 1. The van der Waals surface area contributed by atoms with Gasteiger partial charge in [-0.3, -0.25) is 4.79 Å². The molecule has 0 radical (unpaired) electrons. The minimum absolute atomic E-state index is 0.425. The Morgan fingerprint density at radius 2 is 2.00 bits per heavy atom. The van der Waals surface area contributed by atoms with E-state index in [4.69, 9.17) is 28.3 Å². The second-order valence-corrected chi connectivity index (χ2v) is 4.81. The summed E-state index contributed by atoms with van der Waals surface area (Å²) in [7, 11) is 1.42. The van der Waals surface area contributed by atoms with Crippen LogP contribution in [0.1, 0.15) is 12.5 Å². The van der Waals surface area contributed by atoms with Crippen molar-refractivity contribution in [2.75, 3.05) is 7.05 Å². The van der Waals surface area contributed by atoms with Crippen LogP contribution in [-0.2, 0) is 9.59 Å². The molecule has 0 bridgehead atoms. The average molecular weight is 302 g/mol. The molecule has 1 aromatic carbocycles. The third-order valence-electron chi connectivity index (χ3n) is 2.65.